The van der Waals surface area contributed by atoms with E-state index in [1.165, 1.54) is 17.5 Å². The maximum atomic E-state index is 12.4. The van der Waals surface area contributed by atoms with Crippen LogP contribution < -0.4 is 5.73 Å². The van der Waals surface area contributed by atoms with E-state index in [1.807, 2.05) is 12.1 Å². The fraction of sp³-hybridized carbons (Fsp3) is 0.571. The molecule has 1 fully saturated rings. The quantitative estimate of drug-likeness (QED) is 0.892. The Morgan fingerprint density at radius 3 is 2.82 bits per heavy atom. The molecule has 0 heterocycles. The van der Waals surface area contributed by atoms with Gasteiger partial charge < -0.3 is 5.73 Å². The highest BCUT2D eigenvalue weighted by Gasteiger charge is 2.30. The van der Waals surface area contributed by atoms with Gasteiger partial charge in [-0.25, -0.2) is 0 Å². The maximum absolute atomic E-state index is 12.4. The summed E-state index contributed by atoms with van der Waals surface area (Å²) in [6.45, 7) is 2.77. The summed E-state index contributed by atoms with van der Waals surface area (Å²) in [4.78, 5) is 0. The number of benzene rings is 1. The first-order chi connectivity index (χ1) is 8.22. The van der Waals surface area contributed by atoms with Gasteiger partial charge in [0.25, 0.3) is 0 Å². The van der Waals surface area contributed by atoms with Crippen LogP contribution in [0, 0.1) is 12.8 Å². The van der Waals surface area contributed by atoms with Crippen LogP contribution in [-0.2, 0) is 16.6 Å². The first-order valence-corrected chi connectivity index (χ1v) is 7.72. The third kappa shape index (κ3) is 2.96. The Bertz CT molecular complexity index is 405. The molecule has 3 unspecified atom stereocenters. The highest BCUT2D eigenvalue weighted by atomic mass is 32.2. The molecule has 0 spiro atoms. The van der Waals surface area contributed by atoms with Crippen LogP contribution in [0.1, 0.15) is 30.4 Å². The third-order valence-corrected chi connectivity index (χ3v) is 5.68. The lowest BCUT2D eigenvalue weighted by molar-refractivity contribution is 0.557. The molecule has 0 bridgehead atoms. The summed E-state index contributed by atoms with van der Waals surface area (Å²) in [6, 6.07) is 8.22. The Kier molecular flexibility index (Phi) is 4.35. The molecule has 3 atom stereocenters. The van der Waals surface area contributed by atoms with Crippen LogP contribution in [0.25, 0.3) is 0 Å². The van der Waals surface area contributed by atoms with Gasteiger partial charge in [-0.05, 0) is 43.4 Å². The molecule has 17 heavy (non-hydrogen) atoms. The van der Waals surface area contributed by atoms with E-state index < -0.39 is 10.8 Å². The Morgan fingerprint density at radius 1 is 1.35 bits per heavy atom. The van der Waals surface area contributed by atoms with Gasteiger partial charge in [-0.15, -0.1) is 0 Å². The summed E-state index contributed by atoms with van der Waals surface area (Å²) < 4.78 is 12.4. The zero-order chi connectivity index (χ0) is 12.3. The summed E-state index contributed by atoms with van der Waals surface area (Å²) in [5, 5.41) is 0.319. The topological polar surface area (TPSA) is 43.1 Å². The van der Waals surface area contributed by atoms with Gasteiger partial charge in [0.1, 0.15) is 0 Å². The van der Waals surface area contributed by atoms with Crippen LogP contribution >= 0.6 is 0 Å². The minimum absolute atomic E-state index is 0.319. The minimum Gasteiger partial charge on any atom is -0.330 e. The van der Waals surface area contributed by atoms with E-state index in [4.69, 9.17) is 5.73 Å². The van der Waals surface area contributed by atoms with Gasteiger partial charge in [0.2, 0.25) is 0 Å². The Labute approximate surface area is 106 Å². The molecule has 0 aliphatic heterocycles. The molecule has 2 N–H and O–H groups in total. The molecule has 0 radical (unpaired) electrons. The van der Waals surface area contributed by atoms with Crippen molar-refractivity contribution >= 4 is 10.8 Å². The average molecular weight is 251 g/mol. The molecule has 1 aromatic rings. The van der Waals surface area contributed by atoms with E-state index in [0.717, 1.165) is 12.8 Å². The predicted molar refractivity (Wildman–Crippen MR) is 73.2 cm³/mol. The standard InChI is InChI=1S/C14H21NOS/c1-11-5-2-3-6-13(11)10-17(16)14-8-4-7-12(14)9-15/h2-3,5-6,12,14H,4,7-10,15H2,1H3. The van der Waals surface area contributed by atoms with Crippen LogP contribution in [-0.4, -0.2) is 16.0 Å². The van der Waals surface area contributed by atoms with Gasteiger partial charge >= 0.3 is 0 Å². The average Bonchev–Trinajstić information content (AvgIpc) is 2.80. The van der Waals surface area contributed by atoms with E-state index in [2.05, 4.69) is 19.1 Å². The van der Waals surface area contributed by atoms with Crippen molar-refractivity contribution in [2.45, 2.75) is 37.2 Å². The van der Waals surface area contributed by atoms with Crippen LogP contribution in [0.4, 0.5) is 0 Å². The lowest BCUT2D eigenvalue weighted by Crippen LogP contribution is -2.27. The third-order valence-electron chi connectivity index (χ3n) is 3.79. The van der Waals surface area contributed by atoms with Crippen LogP contribution in [0.15, 0.2) is 24.3 Å². The minimum atomic E-state index is -0.767. The molecular weight excluding hydrogens is 230 g/mol. The molecule has 1 saturated carbocycles. The smallest absolute Gasteiger partial charge is 0.0491 e. The number of aryl methyl sites for hydroxylation is 1. The van der Waals surface area contributed by atoms with Crippen molar-refractivity contribution in [2.24, 2.45) is 11.7 Å². The first-order valence-electron chi connectivity index (χ1n) is 6.34. The van der Waals surface area contributed by atoms with E-state index >= 15 is 0 Å². The maximum Gasteiger partial charge on any atom is 0.0491 e. The van der Waals surface area contributed by atoms with Crippen molar-refractivity contribution in [2.75, 3.05) is 6.54 Å². The first kappa shape index (κ1) is 12.8. The van der Waals surface area contributed by atoms with Gasteiger partial charge in [-0.2, -0.15) is 0 Å². The highest BCUT2D eigenvalue weighted by molar-refractivity contribution is 7.84. The molecule has 0 aromatic heterocycles. The Morgan fingerprint density at radius 2 is 2.12 bits per heavy atom. The van der Waals surface area contributed by atoms with Crippen LogP contribution in [0.5, 0.6) is 0 Å². The van der Waals surface area contributed by atoms with Crippen molar-refractivity contribution in [3.8, 4) is 0 Å². The van der Waals surface area contributed by atoms with E-state index in [9.17, 15) is 4.21 Å². The fourth-order valence-electron chi connectivity index (χ4n) is 2.65. The summed E-state index contributed by atoms with van der Waals surface area (Å²) in [5.41, 5.74) is 8.21. The fourth-order valence-corrected chi connectivity index (χ4v) is 4.60. The Hall–Kier alpha value is -0.670. The van der Waals surface area contributed by atoms with E-state index in [1.54, 1.807) is 0 Å². The van der Waals surface area contributed by atoms with Crippen molar-refractivity contribution in [1.29, 1.82) is 0 Å². The second kappa shape index (κ2) is 5.78. The normalized spacial score (nSPS) is 26.0. The summed E-state index contributed by atoms with van der Waals surface area (Å²) in [5.74, 6) is 1.16. The molecule has 94 valence electrons. The van der Waals surface area contributed by atoms with E-state index in [0.29, 0.717) is 23.5 Å². The van der Waals surface area contributed by atoms with Gasteiger partial charge in [0, 0.05) is 21.8 Å². The van der Waals surface area contributed by atoms with Gasteiger partial charge in [0.05, 0.1) is 0 Å². The summed E-state index contributed by atoms with van der Waals surface area (Å²) in [6.07, 6.45) is 3.42. The van der Waals surface area contributed by atoms with Crippen molar-refractivity contribution in [3.63, 3.8) is 0 Å². The molecule has 0 amide bonds. The zero-order valence-electron chi connectivity index (χ0n) is 10.4. The van der Waals surface area contributed by atoms with E-state index in [-0.39, 0.29) is 0 Å². The second-order valence-corrected chi connectivity index (χ2v) is 6.57. The summed E-state index contributed by atoms with van der Waals surface area (Å²) in [7, 11) is -0.767. The molecule has 1 aliphatic rings. The highest BCUT2D eigenvalue weighted by Crippen LogP contribution is 2.30. The number of hydrogen-bond donors (Lipinski definition) is 1. The lowest BCUT2D eigenvalue weighted by Gasteiger charge is -2.17. The van der Waals surface area contributed by atoms with Gasteiger partial charge in [-0.3, -0.25) is 4.21 Å². The summed E-state index contributed by atoms with van der Waals surface area (Å²) >= 11 is 0. The van der Waals surface area contributed by atoms with Crippen molar-refractivity contribution in [1.82, 2.24) is 0 Å². The monoisotopic (exact) mass is 251 g/mol. The predicted octanol–water partition coefficient (Wildman–Crippen LogP) is 2.37. The van der Waals surface area contributed by atoms with Crippen LogP contribution in [0.2, 0.25) is 0 Å². The zero-order valence-corrected chi connectivity index (χ0v) is 11.2. The molecule has 2 nitrogen and oxygen atoms in total. The Balaban J connectivity index is 2.04. The molecule has 0 saturated heterocycles. The van der Waals surface area contributed by atoms with Gasteiger partial charge in [-0.1, -0.05) is 30.7 Å². The molecule has 2 rings (SSSR count). The molecule has 1 aromatic carbocycles. The number of rotatable bonds is 4. The van der Waals surface area contributed by atoms with Crippen molar-refractivity contribution < 1.29 is 4.21 Å². The molecule has 1 aliphatic carbocycles. The second-order valence-electron chi connectivity index (χ2n) is 4.92. The van der Waals surface area contributed by atoms with Crippen molar-refractivity contribution in [3.05, 3.63) is 35.4 Å². The van der Waals surface area contributed by atoms with Crippen LogP contribution in [0.3, 0.4) is 0 Å². The number of hydrogen-bond acceptors (Lipinski definition) is 2. The SMILES string of the molecule is Cc1ccccc1CS(=O)C1CCCC1CN. The van der Waals surface area contributed by atoms with Gasteiger partial charge in [0.15, 0.2) is 0 Å². The molecular formula is C14H21NOS. The number of nitrogens with two attached hydrogens (primary N) is 1. The molecule has 3 heteroatoms. The lowest BCUT2D eigenvalue weighted by atomic mass is 10.1. The largest absolute Gasteiger partial charge is 0.330 e.